The molecule has 1 aromatic carbocycles. The van der Waals surface area contributed by atoms with Gasteiger partial charge in [-0.25, -0.2) is 4.79 Å². The number of aryl methyl sites for hydroxylation is 2. The van der Waals surface area contributed by atoms with Crippen molar-refractivity contribution in [1.29, 1.82) is 0 Å². The monoisotopic (exact) mass is 306 g/mol. The molecule has 0 saturated carbocycles. The molecule has 0 spiro atoms. The molecule has 3 rings (SSSR count). The minimum atomic E-state index is -0.558. The number of rotatable bonds is 1. The van der Waals surface area contributed by atoms with E-state index >= 15 is 0 Å². The van der Waals surface area contributed by atoms with Gasteiger partial charge in [0.05, 0.1) is 5.52 Å². The van der Waals surface area contributed by atoms with Crippen molar-refractivity contribution in [2.75, 3.05) is 14.1 Å². The topological polar surface area (TPSA) is 51.5 Å². The lowest BCUT2D eigenvalue weighted by Crippen LogP contribution is -2.29. The number of nitrogens with zero attached hydrogens (tertiary/aromatic N) is 2. The number of para-hydroxylation sites is 1. The fraction of sp³-hybridized carbons (Fsp3) is 0.333. The molecule has 0 bridgehead atoms. The van der Waals surface area contributed by atoms with Crippen molar-refractivity contribution in [2.24, 2.45) is 0 Å². The molecular formula is C15H15ClN2O3. The second-order valence-corrected chi connectivity index (χ2v) is 5.66. The van der Waals surface area contributed by atoms with Crippen LogP contribution in [0.15, 0.2) is 23.0 Å². The Balaban J connectivity index is 2.31. The predicted molar refractivity (Wildman–Crippen MR) is 81.3 cm³/mol. The molecule has 0 atom stereocenters. The van der Waals surface area contributed by atoms with E-state index in [1.165, 1.54) is 4.90 Å². The number of carbonyl (C=O) groups is 1. The molecule has 0 N–H and O–H groups in total. The van der Waals surface area contributed by atoms with E-state index in [1.807, 2.05) is 18.2 Å². The largest absolute Gasteiger partial charge is 0.414 e. The SMILES string of the molecule is CN(C)C(=O)Oc1c(Cl)c(=O)n2c3c(cccc13)CCC2. The van der Waals surface area contributed by atoms with Crippen LogP contribution in [0.5, 0.6) is 5.75 Å². The van der Waals surface area contributed by atoms with Gasteiger partial charge >= 0.3 is 6.09 Å². The molecule has 0 unspecified atom stereocenters. The van der Waals surface area contributed by atoms with E-state index in [0.717, 1.165) is 23.9 Å². The van der Waals surface area contributed by atoms with Crippen LogP contribution in [-0.2, 0) is 13.0 Å². The van der Waals surface area contributed by atoms with Gasteiger partial charge in [-0.3, -0.25) is 4.79 Å². The number of aromatic nitrogens is 1. The van der Waals surface area contributed by atoms with Crippen molar-refractivity contribution >= 4 is 28.6 Å². The lowest BCUT2D eigenvalue weighted by molar-refractivity contribution is 0.172. The molecule has 110 valence electrons. The van der Waals surface area contributed by atoms with E-state index in [4.69, 9.17) is 16.3 Å². The number of pyridine rings is 1. The van der Waals surface area contributed by atoms with E-state index in [0.29, 0.717) is 11.9 Å². The summed E-state index contributed by atoms with van der Waals surface area (Å²) in [5, 5.41) is 0.656. The summed E-state index contributed by atoms with van der Waals surface area (Å²) in [6.07, 6.45) is 1.25. The Morgan fingerprint density at radius 2 is 2.14 bits per heavy atom. The fourth-order valence-electron chi connectivity index (χ4n) is 2.65. The van der Waals surface area contributed by atoms with E-state index in [-0.39, 0.29) is 16.3 Å². The molecule has 1 aliphatic rings. The van der Waals surface area contributed by atoms with Crippen LogP contribution in [0.4, 0.5) is 4.79 Å². The second kappa shape index (κ2) is 5.07. The first kappa shape index (κ1) is 13.9. The summed E-state index contributed by atoms with van der Waals surface area (Å²) in [5.74, 6) is 0.148. The molecule has 6 heteroatoms. The highest BCUT2D eigenvalue weighted by Crippen LogP contribution is 2.34. The first-order valence-electron chi connectivity index (χ1n) is 6.73. The first-order chi connectivity index (χ1) is 10.0. The summed E-state index contributed by atoms with van der Waals surface area (Å²) in [6.45, 7) is 0.633. The minimum absolute atomic E-state index is 0.0447. The Kier molecular flexibility index (Phi) is 3.37. The van der Waals surface area contributed by atoms with Gasteiger partial charge in [0.2, 0.25) is 0 Å². The number of carbonyl (C=O) groups excluding carboxylic acids is 1. The number of benzene rings is 1. The van der Waals surface area contributed by atoms with Gasteiger partial charge in [0.15, 0.2) is 5.75 Å². The van der Waals surface area contributed by atoms with Crippen LogP contribution in [0.1, 0.15) is 12.0 Å². The van der Waals surface area contributed by atoms with Crippen LogP contribution < -0.4 is 10.3 Å². The zero-order valence-electron chi connectivity index (χ0n) is 11.9. The molecular weight excluding hydrogens is 292 g/mol. The lowest BCUT2D eigenvalue weighted by Gasteiger charge is -2.22. The van der Waals surface area contributed by atoms with Crippen molar-refractivity contribution in [3.05, 3.63) is 39.1 Å². The van der Waals surface area contributed by atoms with E-state index in [2.05, 4.69) is 0 Å². The minimum Gasteiger partial charge on any atom is -0.408 e. The van der Waals surface area contributed by atoms with Gasteiger partial charge in [0, 0.05) is 26.0 Å². The standard InChI is InChI=1S/C15H15ClN2O3/c1-17(2)15(20)21-13-10-7-3-5-9-6-4-8-18(12(9)10)14(19)11(13)16/h3,5,7H,4,6,8H2,1-2H3. The Bertz CT molecular complexity index is 796. The van der Waals surface area contributed by atoms with Gasteiger partial charge in [-0.15, -0.1) is 0 Å². The fourth-order valence-corrected chi connectivity index (χ4v) is 2.89. The lowest BCUT2D eigenvalue weighted by atomic mass is 10.0. The van der Waals surface area contributed by atoms with Gasteiger partial charge in [-0.2, -0.15) is 0 Å². The number of ether oxygens (including phenoxy) is 1. The Morgan fingerprint density at radius 3 is 2.86 bits per heavy atom. The highest BCUT2D eigenvalue weighted by molar-refractivity contribution is 6.33. The van der Waals surface area contributed by atoms with Crippen LogP contribution in [0.3, 0.4) is 0 Å². The first-order valence-corrected chi connectivity index (χ1v) is 7.11. The summed E-state index contributed by atoms with van der Waals surface area (Å²) in [5.41, 5.74) is 1.59. The van der Waals surface area contributed by atoms with Gasteiger partial charge in [0.1, 0.15) is 5.02 Å². The molecule has 0 saturated heterocycles. The molecule has 5 nitrogen and oxygen atoms in total. The van der Waals surface area contributed by atoms with Crippen LogP contribution in [0.2, 0.25) is 5.02 Å². The Labute approximate surface area is 126 Å². The predicted octanol–water partition coefficient (Wildman–Crippen LogP) is 2.66. The molecule has 1 amide bonds. The highest BCUT2D eigenvalue weighted by Gasteiger charge is 2.23. The van der Waals surface area contributed by atoms with Gasteiger partial charge in [0.25, 0.3) is 5.56 Å². The van der Waals surface area contributed by atoms with Gasteiger partial charge < -0.3 is 14.2 Å². The van der Waals surface area contributed by atoms with Crippen molar-refractivity contribution in [1.82, 2.24) is 9.47 Å². The number of halogens is 1. The third-order valence-electron chi connectivity index (χ3n) is 3.65. The maximum atomic E-state index is 12.4. The van der Waals surface area contributed by atoms with Gasteiger partial charge in [-0.1, -0.05) is 23.7 Å². The van der Waals surface area contributed by atoms with Crippen molar-refractivity contribution in [2.45, 2.75) is 19.4 Å². The van der Waals surface area contributed by atoms with Crippen molar-refractivity contribution < 1.29 is 9.53 Å². The van der Waals surface area contributed by atoms with E-state index in [9.17, 15) is 9.59 Å². The van der Waals surface area contributed by atoms with E-state index < -0.39 is 6.09 Å². The van der Waals surface area contributed by atoms with Crippen molar-refractivity contribution in [3.8, 4) is 5.75 Å². The number of amides is 1. The second-order valence-electron chi connectivity index (χ2n) is 5.28. The van der Waals surface area contributed by atoms with Crippen LogP contribution >= 0.6 is 11.6 Å². The zero-order chi connectivity index (χ0) is 15.1. The molecule has 1 aromatic heterocycles. The van der Waals surface area contributed by atoms with Crippen LogP contribution in [0, 0.1) is 0 Å². The third-order valence-corrected chi connectivity index (χ3v) is 3.98. The highest BCUT2D eigenvalue weighted by atomic mass is 35.5. The summed E-state index contributed by atoms with van der Waals surface area (Å²) in [4.78, 5) is 25.5. The quantitative estimate of drug-likeness (QED) is 0.814. The smallest absolute Gasteiger partial charge is 0.408 e. The molecule has 0 fully saturated rings. The third kappa shape index (κ3) is 2.17. The number of hydrogen-bond donors (Lipinski definition) is 0. The average molecular weight is 307 g/mol. The molecule has 1 aliphatic heterocycles. The maximum Gasteiger partial charge on any atom is 0.414 e. The van der Waals surface area contributed by atoms with Gasteiger partial charge in [-0.05, 0) is 24.5 Å². The number of hydrogen-bond acceptors (Lipinski definition) is 3. The molecule has 0 aliphatic carbocycles. The van der Waals surface area contributed by atoms with E-state index in [1.54, 1.807) is 18.7 Å². The van der Waals surface area contributed by atoms with Crippen molar-refractivity contribution in [3.63, 3.8) is 0 Å². The summed E-state index contributed by atoms with van der Waals surface area (Å²) >= 11 is 6.15. The summed E-state index contributed by atoms with van der Waals surface area (Å²) < 4.78 is 6.99. The average Bonchev–Trinajstić information content (AvgIpc) is 2.48. The Hall–Kier alpha value is -2.01. The summed E-state index contributed by atoms with van der Waals surface area (Å²) in [6, 6.07) is 5.70. The normalized spacial score (nSPS) is 13.3. The summed E-state index contributed by atoms with van der Waals surface area (Å²) in [7, 11) is 3.16. The Morgan fingerprint density at radius 1 is 1.38 bits per heavy atom. The maximum absolute atomic E-state index is 12.4. The van der Waals surface area contributed by atoms with Crippen LogP contribution in [0.25, 0.3) is 10.9 Å². The molecule has 0 radical (unpaired) electrons. The molecule has 2 aromatic rings. The zero-order valence-corrected chi connectivity index (χ0v) is 12.6. The van der Waals surface area contributed by atoms with Crippen LogP contribution in [-0.4, -0.2) is 29.7 Å². The molecule has 2 heterocycles. The molecule has 21 heavy (non-hydrogen) atoms.